The summed E-state index contributed by atoms with van der Waals surface area (Å²) in [7, 11) is -2.15. The van der Waals surface area contributed by atoms with E-state index in [0.29, 0.717) is 41.9 Å². The molecule has 2 N–H and O–H groups in total. The van der Waals surface area contributed by atoms with E-state index in [1.54, 1.807) is 6.92 Å². The largest absolute Gasteiger partial charge is 0.481 e. The Morgan fingerprint density at radius 3 is 2.56 bits per heavy atom. The third-order valence-electron chi connectivity index (χ3n) is 6.43. The van der Waals surface area contributed by atoms with Crippen LogP contribution in [0.3, 0.4) is 0 Å². The van der Waals surface area contributed by atoms with Gasteiger partial charge in [0.1, 0.15) is 0 Å². The first-order valence-corrected chi connectivity index (χ1v) is 14.4. The zero-order chi connectivity index (χ0) is 27.9. The highest BCUT2D eigenvalue weighted by atomic mass is 32.2. The Balaban J connectivity index is 1.66. The summed E-state index contributed by atoms with van der Waals surface area (Å²) in [6.07, 6.45) is -0.594. The van der Waals surface area contributed by atoms with Crippen molar-refractivity contribution < 1.29 is 27.1 Å². The molecule has 1 fully saturated rings. The number of aromatic nitrogens is 4. The number of pyridine rings is 1. The highest BCUT2D eigenvalue weighted by Gasteiger charge is 2.41. The van der Waals surface area contributed by atoms with E-state index in [0.717, 1.165) is 5.56 Å². The standard InChI is InChI=1S/C25H26F2N6O4S2/c1-25(8-9-25)31-39(36,37)17-10-16(11-19(34)35)20-18(14-32(2)12-15-6-4-3-5-7-15)28-22(33(20)13-17)24-30-29-23(38-24)21(26)27/h3-7,10,13,21,31H,8-9,11-12,14H2,1-2H3,(H,34,35). The lowest BCUT2D eigenvalue weighted by Crippen LogP contribution is -2.34. The van der Waals surface area contributed by atoms with Crippen molar-refractivity contribution in [2.24, 2.45) is 0 Å². The number of hydrogen-bond donors (Lipinski definition) is 2. The first kappa shape index (κ1) is 27.2. The molecule has 5 rings (SSSR count). The molecule has 39 heavy (non-hydrogen) atoms. The number of halogens is 2. The molecular formula is C25H26F2N6O4S2. The van der Waals surface area contributed by atoms with Gasteiger partial charge in [0.15, 0.2) is 15.8 Å². The van der Waals surface area contributed by atoms with Crippen LogP contribution >= 0.6 is 11.3 Å². The number of carbonyl (C=O) groups is 1. The van der Waals surface area contributed by atoms with Crippen molar-refractivity contribution in [1.82, 2.24) is 29.2 Å². The minimum Gasteiger partial charge on any atom is -0.481 e. The van der Waals surface area contributed by atoms with Crippen LogP contribution in [-0.2, 0) is 34.3 Å². The van der Waals surface area contributed by atoms with Crippen molar-refractivity contribution in [2.45, 2.75) is 56.1 Å². The van der Waals surface area contributed by atoms with Crippen LogP contribution in [0.4, 0.5) is 8.78 Å². The summed E-state index contributed by atoms with van der Waals surface area (Å²) in [5.74, 6) is -1.05. The summed E-state index contributed by atoms with van der Waals surface area (Å²) in [5, 5.41) is 16.7. The van der Waals surface area contributed by atoms with Gasteiger partial charge in [0, 0.05) is 24.8 Å². The van der Waals surface area contributed by atoms with E-state index in [2.05, 4.69) is 19.9 Å². The van der Waals surface area contributed by atoms with Crippen molar-refractivity contribution in [3.05, 3.63) is 64.4 Å². The molecular weight excluding hydrogens is 550 g/mol. The van der Waals surface area contributed by atoms with Crippen LogP contribution in [0.25, 0.3) is 16.3 Å². The SMILES string of the molecule is CN(Cc1ccccc1)Cc1nc(-c2nnc(C(F)F)s2)n2cc(S(=O)(=O)NC3(C)CC3)cc(CC(=O)O)c12. The Morgan fingerprint density at radius 2 is 1.95 bits per heavy atom. The van der Waals surface area contributed by atoms with Gasteiger partial charge < -0.3 is 5.11 Å². The van der Waals surface area contributed by atoms with Gasteiger partial charge in [-0.05, 0) is 44.0 Å². The number of rotatable bonds is 11. The number of carboxylic acids is 1. The summed E-state index contributed by atoms with van der Waals surface area (Å²) in [6, 6.07) is 11.0. The van der Waals surface area contributed by atoms with E-state index >= 15 is 0 Å². The van der Waals surface area contributed by atoms with Gasteiger partial charge >= 0.3 is 5.97 Å². The van der Waals surface area contributed by atoms with Crippen LogP contribution in [0.15, 0.2) is 47.5 Å². The molecule has 4 aromatic rings. The Morgan fingerprint density at radius 1 is 1.23 bits per heavy atom. The van der Waals surface area contributed by atoms with E-state index in [9.17, 15) is 27.1 Å². The molecule has 1 aliphatic carbocycles. The van der Waals surface area contributed by atoms with Crippen molar-refractivity contribution >= 4 is 32.8 Å². The van der Waals surface area contributed by atoms with Gasteiger partial charge in [0.05, 0.1) is 22.5 Å². The molecule has 1 saturated carbocycles. The molecule has 3 heterocycles. The minimum absolute atomic E-state index is 0.0650. The number of hydrogen-bond acceptors (Lipinski definition) is 8. The third kappa shape index (κ3) is 5.98. The number of imidazole rings is 1. The number of nitrogens with one attached hydrogen (secondary N) is 1. The number of aliphatic carboxylic acids is 1. The molecule has 0 amide bonds. The zero-order valence-electron chi connectivity index (χ0n) is 21.1. The van der Waals surface area contributed by atoms with E-state index in [-0.39, 0.29) is 27.8 Å². The van der Waals surface area contributed by atoms with Crippen LogP contribution in [-0.4, -0.2) is 56.6 Å². The first-order chi connectivity index (χ1) is 18.4. The summed E-state index contributed by atoms with van der Waals surface area (Å²) < 4.78 is 57.3. The third-order valence-corrected chi connectivity index (χ3v) is 8.96. The maximum absolute atomic E-state index is 13.3. The monoisotopic (exact) mass is 576 g/mol. The number of sulfonamides is 1. The smallest absolute Gasteiger partial charge is 0.307 e. The predicted molar refractivity (Wildman–Crippen MR) is 140 cm³/mol. The fraction of sp³-hybridized carbons (Fsp3) is 0.360. The topological polar surface area (TPSA) is 130 Å². The molecule has 0 unspecified atom stereocenters. The molecule has 1 aliphatic rings. The fourth-order valence-corrected chi connectivity index (χ4v) is 6.55. The molecule has 0 bridgehead atoms. The molecule has 0 atom stereocenters. The van der Waals surface area contributed by atoms with Crippen LogP contribution in [0, 0.1) is 0 Å². The van der Waals surface area contributed by atoms with Crippen LogP contribution < -0.4 is 4.72 Å². The second-order valence-corrected chi connectivity index (χ2v) is 12.6. The van der Waals surface area contributed by atoms with Crippen molar-refractivity contribution in [2.75, 3.05) is 7.05 Å². The van der Waals surface area contributed by atoms with Gasteiger partial charge in [-0.3, -0.25) is 14.1 Å². The maximum Gasteiger partial charge on any atom is 0.307 e. The van der Waals surface area contributed by atoms with Crippen molar-refractivity contribution in [3.63, 3.8) is 0 Å². The summed E-state index contributed by atoms with van der Waals surface area (Å²) in [6.45, 7) is 2.62. The van der Waals surface area contributed by atoms with Gasteiger partial charge in [0.25, 0.3) is 6.43 Å². The first-order valence-electron chi connectivity index (χ1n) is 12.1. The van der Waals surface area contributed by atoms with Gasteiger partial charge in [-0.25, -0.2) is 26.9 Å². The Hall–Kier alpha value is -3.33. The molecule has 0 aliphatic heterocycles. The highest BCUT2D eigenvalue weighted by molar-refractivity contribution is 7.89. The van der Waals surface area contributed by atoms with Crippen LogP contribution in [0.5, 0.6) is 0 Å². The average Bonchev–Trinajstić information content (AvgIpc) is 3.25. The normalized spacial score (nSPS) is 14.9. The van der Waals surface area contributed by atoms with Crippen LogP contribution in [0.2, 0.25) is 0 Å². The van der Waals surface area contributed by atoms with E-state index in [1.165, 1.54) is 16.7 Å². The Labute approximate surface area is 227 Å². The van der Waals surface area contributed by atoms with Gasteiger partial charge in [-0.2, -0.15) is 0 Å². The maximum atomic E-state index is 13.3. The zero-order valence-corrected chi connectivity index (χ0v) is 22.8. The molecule has 0 spiro atoms. The highest BCUT2D eigenvalue weighted by Crippen LogP contribution is 2.37. The number of benzene rings is 1. The average molecular weight is 577 g/mol. The number of fused-ring (bicyclic) bond motifs is 1. The molecule has 0 radical (unpaired) electrons. The number of nitrogens with zero attached hydrogens (tertiary/aromatic N) is 5. The lowest BCUT2D eigenvalue weighted by atomic mass is 10.1. The van der Waals surface area contributed by atoms with Crippen molar-refractivity contribution in [1.29, 1.82) is 0 Å². The lowest BCUT2D eigenvalue weighted by Gasteiger charge is -2.17. The summed E-state index contributed by atoms with van der Waals surface area (Å²) in [4.78, 5) is 18.3. The van der Waals surface area contributed by atoms with E-state index < -0.39 is 39.4 Å². The second-order valence-electron chi connectivity index (χ2n) is 9.94. The van der Waals surface area contributed by atoms with Gasteiger partial charge in [-0.15, -0.1) is 10.2 Å². The Kier molecular flexibility index (Phi) is 7.22. The minimum atomic E-state index is -4.02. The fourth-order valence-electron chi connectivity index (χ4n) is 4.35. The van der Waals surface area contributed by atoms with E-state index in [1.807, 2.05) is 42.3 Å². The van der Waals surface area contributed by atoms with Crippen LogP contribution in [0.1, 0.15) is 48.0 Å². The van der Waals surface area contributed by atoms with Gasteiger partial charge in [-0.1, -0.05) is 41.7 Å². The lowest BCUT2D eigenvalue weighted by molar-refractivity contribution is -0.136. The van der Waals surface area contributed by atoms with E-state index in [4.69, 9.17) is 0 Å². The molecule has 206 valence electrons. The molecule has 1 aromatic carbocycles. The molecule has 10 nitrogen and oxygen atoms in total. The number of alkyl halides is 2. The quantitative estimate of drug-likeness (QED) is 0.275. The molecule has 0 saturated heterocycles. The Bertz CT molecular complexity index is 1630. The summed E-state index contributed by atoms with van der Waals surface area (Å²) >= 11 is 0.646. The number of carboxylic acid groups (broad SMARTS) is 1. The second kappa shape index (κ2) is 10.3. The van der Waals surface area contributed by atoms with Crippen molar-refractivity contribution in [3.8, 4) is 10.8 Å². The molecule has 14 heteroatoms. The summed E-state index contributed by atoms with van der Waals surface area (Å²) in [5.41, 5.74) is 1.56. The van der Waals surface area contributed by atoms with Gasteiger partial charge in [0.2, 0.25) is 10.0 Å². The molecule has 3 aromatic heterocycles. The predicted octanol–water partition coefficient (Wildman–Crippen LogP) is 3.88.